The predicted molar refractivity (Wildman–Crippen MR) is 83.8 cm³/mol. The molecule has 0 radical (unpaired) electrons. The summed E-state index contributed by atoms with van der Waals surface area (Å²) in [4.78, 5) is 32.2. The van der Waals surface area contributed by atoms with Gasteiger partial charge in [0, 0.05) is 24.9 Å². The second-order valence-electron chi connectivity index (χ2n) is 4.71. The maximum Gasteiger partial charge on any atom is 0.277 e. The first-order valence-electron chi connectivity index (χ1n) is 6.75. The Morgan fingerprint density at radius 3 is 2.29 bits per heavy atom. The molecule has 0 fully saturated rings. The molecule has 1 N–H and O–H groups in total. The Kier molecular flexibility index (Phi) is 5.09. The van der Waals surface area contributed by atoms with E-state index in [4.69, 9.17) is 11.6 Å². The van der Waals surface area contributed by atoms with Crippen LogP contribution in [0.3, 0.4) is 0 Å². The van der Waals surface area contributed by atoms with Gasteiger partial charge in [0.25, 0.3) is 17.3 Å². The van der Waals surface area contributed by atoms with E-state index in [-0.39, 0.29) is 12.1 Å². The van der Waals surface area contributed by atoms with E-state index in [1.165, 1.54) is 0 Å². The predicted octanol–water partition coefficient (Wildman–Crippen LogP) is 2.30. The molecule has 0 spiro atoms. The van der Waals surface area contributed by atoms with Gasteiger partial charge in [-0.3, -0.25) is 29.7 Å². The summed E-state index contributed by atoms with van der Waals surface area (Å²) in [5, 5.41) is 28.6. The third kappa shape index (κ3) is 3.84. The molecule has 1 amide bonds. The van der Waals surface area contributed by atoms with Crippen LogP contribution in [-0.2, 0) is 13.1 Å². The van der Waals surface area contributed by atoms with E-state index < -0.39 is 27.1 Å². The zero-order valence-corrected chi connectivity index (χ0v) is 13.2. The number of nitro groups is 2. The normalized spacial score (nSPS) is 10.4. The summed E-state index contributed by atoms with van der Waals surface area (Å²) in [5.41, 5.74) is -0.848. The fraction of sp³-hybridized carbons (Fsp3) is 0.231. The lowest BCUT2D eigenvalue weighted by molar-refractivity contribution is -0.394. The zero-order chi connectivity index (χ0) is 17.9. The van der Waals surface area contributed by atoms with Crippen molar-refractivity contribution >= 4 is 28.9 Å². The Balaban J connectivity index is 2.21. The number of nitro benzene ring substituents is 2. The highest BCUT2D eigenvalue weighted by Gasteiger charge is 2.20. The molecule has 0 atom stereocenters. The number of hydrogen-bond acceptors (Lipinski definition) is 6. The van der Waals surface area contributed by atoms with Crippen molar-refractivity contribution in [2.24, 2.45) is 0 Å². The SMILES string of the molecule is CCn1cc(Cl)c(CNC(=O)c2cc([N+](=O)[O-])cc([N+](=O)[O-])c2)n1. The molecular formula is C13H12ClN5O5. The summed E-state index contributed by atoms with van der Waals surface area (Å²) in [6, 6.07) is 2.72. The number of carbonyl (C=O) groups is 1. The summed E-state index contributed by atoms with van der Waals surface area (Å²) in [6.07, 6.45) is 1.60. The van der Waals surface area contributed by atoms with Crippen LogP contribution in [-0.4, -0.2) is 25.5 Å². The van der Waals surface area contributed by atoms with E-state index in [9.17, 15) is 25.0 Å². The summed E-state index contributed by atoms with van der Waals surface area (Å²) in [6.45, 7) is 2.46. The van der Waals surface area contributed by atoms with Crippen LogP contribution in [0.25, 0.3) is 0 Å². The molecule has 0 aliphatic rings. The van der Waals surface area contributed by atoms with E-state index in [1.54, 1.807) is 10.9 Å². The first-order valence-corrected chi connectivity index (χ1v) is 7.13. The van der Waals surface area contributed by atoms with Crippen molar-refractivity contribution in [2.45, 2.75) is 20.0 Å². The van der Waals surface area contributed by atoms with Crippen molar-refractivity contribution in [3.63, 3.8) is 0 Å². The Labute approximate surface area is 140 Å². The third-order valence-corrected chi connectivity index (χ3v) is 3.43. The van der Waals surface area contributed by atoms with Gasteiger partial charge >= 0.3 is 0 Å². The lowest BCUT2D eigenvalue weighted by atomic mass is 10.1. The summed E-state index contributed by atoms with van der Waals surface area (Å²) in [5.74, 6) is -0.705. The summed E-state index contributed by atoms with van der Waals surface area (Å²) >= 11 is 5.97. The smallest absolute Gasteiger partial charge is 0.277 e. The Morgan fingerprint density at radius 2 is 1.83 bits per heavy atom. The molecule has 10 nitrogen and oxygen atoms in total. The first kappa shape index (κ1) is 17.3. The fourth-order valence-corrected chi connectivity index (χ4v) is 2.14. The van der Waals surface area contributed by atoms with Gasteiger partial charge < -0.3 is 5.32 Å². The Bertz CT molecular complexity index is 787. The number of halogens is 1. The number of amides is 1. The summed E-state index contributed by atoms with van der Waals surface area (Å²) in [7, 11) is 0. The number of nitrogens with zero attached hydrogens (tertiary/aromatic N) is 4. The lowest BCUT2D eigenvalue weighted by Gasteiger charge is -2.04. The van der Waals surface area contributed by atoms with Gasteiger partial charge in [0.2, 0.25) is 0 Å². The molecule has 2 rings (SSSR count). The van der Waals surface area contributed by atoms with Gasteiger partial charge in [-0.05, 0) is 6.92 Å². The van der Waals surface area contributed by atoms with Crippen molar-refractivity contribution < 1.29 is 14.6 Å². The van der Waals surface area contributed by atoms with Gasteiger partial charge in [-0.15, -0.1) is 0 Å². The molecule has 1 aromatic heterocycles. The highest BCUT2D eigenvalue weighted by atomic mass is 35.5. The van der Waals surface area contributed by atoms with Crippen LogP contribution in [0.2, 0.25) is 5.02 Å². The van der Waals surface area contributed by atoms with Crippen LogP contribution in [0.1, 0.15) is 23.0 Å². The molecule has 24 heavy (non-hydrogen) atoms. The Hall–Kier alpha value is -3.01. The molecular weight excluding hydrogens is 342 g/mol. The highest BCUT2D eigenvalue weighted by Crippen LogP contribution is 2.23. The summed E-state index contributed by atoms with van der Waals surface area (Å²) < 4.78 is 1.59. The number of aryl methyl sites for hydroxylation is 1. The maximum absolute atomic E-state index is 12.1. The number of carbonyl (C=O) groups excluding carboxylic acids is 1. The van der Waals surface area contributed by atoms with Crippen LogP contribution in [0.4, 0.5) is 11.4 Å². The van der Waals surface area contributed by atoms with Crippen molar-refractivity contribution in [1.29, 1.82) is 0 Å². The molecule has 1 aromatic carbocycles. The van der Waals surface area contributed by atoms with E-state index in [0.717, 1.165) is 18.2 Å². The number of non-ortho nitro benzene ring substituents is 2. The van der Waals surface area contributed by atoms with Crippen molar-refractivity contribution in [2.75, 3.05) is 0 Å². The molecule has 0 unspecified atom stereocenters. The topological polar surface area (TPSA) is 133 Å². The van der Waals surface area contributed by atoms with Gasteiger partial charge in [-0.25, -0.2) is 0 Å². The molecule has 0 aliphatic carbocycles. The van der Waals surface area contributed by atoms with Crippen molar-refractivity contribution in [1.82, 2.24) is 15.1 Å². The third-order valence-electron chi connectivity index (χ3n) is 3.11. The van der Waals surface area contributed by atoms with E-state index in [1.807, 2.05) is 6.92 Å². The second kappa shape index (κ2) is 7.04. The molecule has 2 aromatic rings. The number of hydrogen-bond donors (Lipinski definition) is 1. The van der Waals surface area contributed by atoms with Crippen molar-refractivity contribution in [3.05, 3.63) is 60.9 Å². The monoisotopic (exact) mass is 353 g/mol. The van der Waals surface area contributed by atoms with Crippen LogP contribution >= 0.6 is 11.6 Å². The van der Waals surface area contributed by atoms with Gasteiger partial charge in [0.05, 0.1) is 33.0 Å². The number of nitrogens with one attached hydrogen (secondary N) is 1. The quantitative estimate of drug-likeness (QED) is 0.625. The average Bonchev–Trinajstić information content (AvgIpc) is 2.92. The second-order valence-corrected chi connectivity index (χ2v) is 5.12. The molecule has 0 bridgehead atoms. The van der Waals surface area contributed by atoms with Gasteiger partial charge in [0.1, 0.15) is 5.69 Å². The minimum Gasteiger partial charge on any atom is -0.346 e. The standard InChI is InChI=1S/C13H12ClN5O5/c1-2-17-7-11(14)12(16-17)6-15-13(20)8-3-9(18(21)22)5-10(4-8)19(23)24/h3-5,7H,2,6H2,1H3,(H,15,20). The highest BCUT2D eigenvalue weighted by molar-refractivity contribution is 6.31. The first-order chi connectivity index (χ1) is 11.3. The number of aromatic nitrogens is 2. The van der Waals surface area contributed by atoms with E-state index in [0.29, 0.717) is 17.3 Å². The fourth-order valence-electron chi connectivity index (χ4n) is 1.92. The molecule has 0 saturated heterocycles. The van der Waals surface area contributed by atoms with E-state index >= 15 is 0 Å². The van der Waals surface area contributed by atoms with Crippen LogP contribution < -0.4 is 5.32 Å². The molecule has 1 heterocycles. The maximum atomic E-state index is 12.1. The zero-order valence-electron chi connectivity index (χ0n) is 12.4. The van der Waals surface area contributed by atoms with Gasteiger partial charge in [-0.2, -0.15) is 5.10 Å². The Morgan fingerprint density at radius 1 is 1.25 bits per heavy atom. The number of rotatable bonds is 6. The molecule has 0 saturated carbocycles. The molecule has 126 valence electrons. The number of benzene rings is 1. The van der Waals surface area contributed by atoms with Gasteiger partial charge in [-0.1, -0.05) is 11.6 Å². The van der Waals surface area contributed by atoms with Gasteiger partial charge in [0.15, 0.2) is 0 Å². The molecule has 0 aliphatic heterocycles. The van der Waals surface area contributed by atoms with Crippen LogP contribution in [0.15, 0.2) is 24.4 Å². The lowest BCUT2D eigenvalue weighted by Crippen LogP contribution is -2.23. The molecule has 11 heteroatoms. The van der Waals surface area contributed by atoms with Crippen LogP contribution in [0.5, 0.6) is 0 Å². The van der Waals surface area contributed by atoms with Crippen molar-refractivity contribution in [3.8, 4) is 0 Å². The van der Waals surface area contributed by atoms with E-state index in [2.05, 4.69) is 10.4 Å². The minimum atomic E-state index is -0.802. The van der Waals surface area contributed by atoms with Crippen LogP contribution in [0, 0.1) is 20.2 Å². The largest absolute Gasteiger partial charge is 0.346 e. The average molecular weight is 354 g/mol. The minimum absolute atomic E-state index is 0.0127.